The molecule has 1 atom stereocenters. The average molecular weight is 352 g/mol. The summed E-state index contributed by atoms with van der Waals surface area (Å²) in [6.07, 6.45) is 3.91. The molecule has 2 aliphatic rings. The van der Waals surface area contributed by atoms with E-state index < -0.39 is 0 Å². The fraction of sp³-hybridized carbons (Fsp3) is 0.875. The molecule has 3 heterocycles. The highest BCUT2D eigenvalue weighted by Gasteiger charge is 2.20. The molecule has 0 bridgehead atoms. The van der Waals surface area contributed by atoms with Crippen LogP contribution < -0.4 is 0 Å². The molecule has 0 aliphatic carbocycles. The van der Waals surface area contributed by atoms with Crippen molar-refractivity contribution in [1.82, 2.24) is 30.0 Å². The summed E-state index contributed by atoms with van der Waals surface area (Å²) in [6, 6.07) is 0. The molecule has 0 N–H and O–H groups in total. The van der Waals surface area contributed by atoms with Crippen molar-refractivity contribution in [2.75, 3.05) is 46.5 Å². The summed E-state index contributed by atoms with van der Waals surface area (Å²) in [7, 11) is 1.84. The van der Waals surface area contributed by atoms with Crippen LogP contribution in [0.2, 0.25) is 0 Å². The number of likely N-dealkylation sites (N-methyl/N-ethyl adjacent to an activating group) is 1. The summed E-state index contributed by atoms with van der Waals surface area (Å²) in [4.78, 5) is 16.4. The number of nitrogens with zero attached hydrogens (tertiary/aromatic N) is 6. The number of morpholine rings is 1. The number of tetrazole rings is 1. The zero-order valence-electron chi connectivity index (χ0n) is 15.0. The van der Waals surface area contributed by atoms with Gasteiger partial charge in [0.15, 0.2) is 5.82 Å². The largest absolute Gasteiger partial charge is 0.379 e. The third-order valence-corrected chi connectivity index (χ3v) is 4.79. The number of hydrogen-bond acceptors (Lipinski definition) is 7. The number of ether oxygens (including phenoxy) is 2. The molecule has 1 amide bonds. The molecule has 2 fully saturated rings. The maximum Gasteiger partial charge on any atom is 0.224 e. The lowest BCUT2D eigenvalue weighted by Crippen LogP contribution is -2.38. The molecule has 25 heavy (non-hydrogen) atoms. The van der Waals surface area contributed by atoms with Gasteiger partial charge in [-0.15, -0.1) is 5.10 Å². The van der Waals surface area contributed by atoms with Crippen molar-refractivity contribution < 1.29 is 14.3 Å². The van der Waals surface area contributed by atoms with Crippen LogP contribution in [0.3, 0.4) is 0 Å². The van der Waals surface area contributed by atoms with Gasteiger partial charge in [0.2, 0.25) is 5.91 Å². The van der Waals surface area contributed by atoms with Crippen LogP contribution in [0.25, 0.3) is 0 Å². The first-order valence-electron chi connectivity index (χ1n) is 9.13. The Hall–Kier alpha value is -1.58. The molecule has 0 spiro atoms. The van der Waals surface area contributed by atoms with E-state index >= 15 is 0 Å². The molecule has 0 saturated carbocycles. The normalized spacial score (nSPS) is 22.0. The summed E-state index contributed by atoms with van der Waals surface area (Å²) >= 11 is 0. The van der Waals surface area contributed by atoms with Gasteiger partial charge in [-0.1, -0.05) is 0 Å². The van der Waals surface area contributed by atoms with Crippen molar-refractivity contribution in [1.29, 1.82) is 0 Å². The van der Waals surface area contributed by atoms with E-state index in [1.165, 1.54) is 6.42 Å². The Morgan fingerprint density at radius 3 is 2.88 bits per heavy atom. The Bertz CT molecular complexity index is 540. The Morgan fingerprint density at radius 1 is 1.28 bits per heavy atom. The highest BCUT2D eigenvalue weighted by atomic mass is 16.5. The second-order valence-electron chi connectivity index (χ2n) is 6.72. The van der Waals surface area contributed by atoms with Gasteiger partial charge in [-0.3, -0.25) is 9.69 Å². The Balaban J connectivity index is 1.44. The highest BCUT2D eigenvalue weighted by molar-refractivity contribution is 5.75. The van der Waals surface area contributed by atoms with E-state index in [1.54, 1.807) is 9.58 Å². The van der Waals surface area contributed by atoms with Crippen molar-refractivity contribution in [3.8, 4) is 0 Å². The van der Waals surface area contributed by atoms with Gasteiger partial charge in [0, 0.05) is 39.7 Å². The van der Waals surface area contributed by atoms with Gasteiger partial charge in [-0.05, 0) is 29.7 Å². The third-order valence-electron chi connectivity index (χ3n) is 4.79. The van der Waals surface area contributed by atoms with E-state index in [0.717, 1.165) is 51.6 Å². The summed E-state index contributed by atoms with van der Waals surface area (Å²) in [6.45, 7) is 5.92. The predicted molar refractivity (Wildman–Crippen MR) is 89.8 cm³/mol. The van der Waals surface area contributed by atoms with Gasteiger partial charge in [0.05, 0.1) is 32.4 Å². The number of amides is 1. The third kappa shape index (κ3) is 5.45. The molecule has 0 aromatic carbocycles. The van der Waals surface area contributed by atoms with Gasteiger partial charge in [0.1, 0.15) is 0 Å². The summed E-state index contributed by atoms with van der Waals surface area (Å²) in [5.74, 6) is 0.898. The van der Waals surface area contributed by atoms with E-state index in [0.29, 0.717) is 26.1 Å². The van der Waals surface area contributed by atoms with Crippen LogP contribution in [0.4, 0.5) is 0 Å². The second kappa shape index (κ2) is 9.21. The molecular weight excluding hydrogens is 324 g/mol. The van der Waals surface area contributed by atoms with Crippen LogP contribution >= 0.6 is 0 Å². The van der Waals surface area contributed by atoms with Gasteiger partial charge in [0.25, 0.3) is 0 Å². The van der Waals surface area contributed by atoms with Crippen molar-refractivity contribution in [3.05, 3.63) is 5.82 Å². The van der Waals surface area contributed by atoms with E-state index in [4.69, 9.17) is 9.47 Å². The molecule has 3 rings (SSSR count). The molecule has 140 valence electrons. The lowest BCUT2D eigenvalue weighted by Gasteiger charge is -2.27. The SMILES string of the molecule is CN(CC1CCCCO1)C(=O)CCn1nnnc1CN1CCOCC1. The number of carbonyl (C=O) groups excluding carboxylic acids is 1. The first kappa shape index (κ1) is 18.2. The summed E-state index contributed by atoms with van der Waals surface area (Å²) in [5, 5.41) is 11.9. The van der Waals surface area contributed by atoms with Crippen LogP contribution in [0, 0.1) is 0 Å². The molecular formula is C16H28N6O3. The first-order valence-corrected chi connectivity index (χ1v) is 9.13. The monoisotopic (exact) mass is 352 g/mol. The van der Waals surface area contributed by atoms with Crippen molar-refractivity contribution >= 4 is 5.91 Å². The van der Waals surface area contributed by atoms with Gasteiger partial charge < -0.3 is 14.4 Å². The number of carbonyl (C=O) groups is 1. The van der Waals surface area contributed by atoms with Crippen LogP contribution in [0.15, 0.2) is 0 Å². The molecule has 1 aromatic heterocycles. The molecule has 9 nitrogen and oxygen atoms in total. The van der Waals surface area contributed by atoms with Crippen LogP contribution in [0.5, 0.6) is 0 Å². The van der Waals surface area contributed by atoms with Crippen LogP contribution in [-0.2, 0) is 27.4 Å². The zero-order chi connectivity index (χ0) is 17.5. The molecule has 1 aromatic rings. The average Bonchev–Trinajstić information content (AvgIpc) is 3.08. The van der Waals surface area contributed by atoms with Crippen LogP contribution in [-0.4, -0.2) is 88.5 Å². The van der Waals surface area contributed by atoms with Crippen molar-refractivity contribution in [3.63, 3.8) is 0 Å². The van der Waals surface area contributed by atoms with Gasteiger partial charge in [-0.2, -0.15) is 0 Å². The minimum absolute atomic E-state index is 0.0991. The molecule has 9 heteroatoms. The molecule has 2 aliphatic heterocycles. The van der Waals surface area contributed by atoms with E-state index in [1.807, 2.05) is 7.05 Å². The number of hydrogen-bond donors (Lipinski definition) is 0. The topological polar surface area (TPSA) is 85.6 Å². The molecule has 2 saturated heterocycles. The Labute approximate surface area is 148 Å². The van der Waals surface area contributed by atoms with Crippen LogP contribution in [0.1, 0.15) is 31.5 Å². The minimum atomic E-state index is 0.0991. The fourth-order valence-electron chi connectivity index (χ4n) is 3.22. The summed E-state index contributed by atoms with van der Waals surface area (Å²) in [5.41, 5.74) is 0. The molecule has 0 radical (unpaired) electrons. The maximum atomic E-state index is 12.4. The zero-order valence-corrected chi connectivity index (χ0v) is 15.0. The predicted octanol–water partition coefficient (Wildman–Crippen LogP) is -0.0771. The van der Waals surface area contributed by atoms with Gasteiger partial charge >= 0.3 is 0 Å². The standard InChI is InChI=1S/C16H28N6O3/c1-20(12-14-4-2-3-9-25-14)16(23)5-6-22-15(17-18-19-22)13-21-7-10-24-11-8-21/h14H,2-13H2,1H3. The highest BCUT2D eigenvalue weighted by Crippen LogP contribution is 2.14. The fourth-order valence-corrected chi connectivity index (χ4v) is 3.22. The Morgan fingerprint density at radius 2 is 2.12 bits per heavy atom. The molecule has 1 unspecified atom stereocenters. The number of rotatable bonds is 7. The smallest absolute Gasteiger partial charge is 0.224 e. The lowest BCUT2D eigenvalue weighted by atomic mass is 10.1. The second-order valence-corrected chi connectivity index (χ2v) is 6.72. The van der Waals surface area contributed by atoms with E-state index in [-0.39, 0.29) is 12.0 Å². The number of aromatic nitrogens is 4. The number of aryl methyl sites for hydroxylation is 1. The summed E-state index contributed by atoms with van der Waals surface area (Å²) < 4.78 is 12.8. The van der Waals surface area contributed by atoms with Crippen molar-refractivity contribution in [2.24, 2.45) is 0 Å². The van der Waals surface area contributed by atoms with E-state index in [9.17, 15) is 4.79 Å². The first-order chi connectivity index (χ1) is 12.2. The van der Waals surface area contributed by atoms with Gasteiger partial charge in [-0.25, -0.2) is 4.68 Å². The van der Waals surface area contributed by atoms with E-state index in [2.05, 4.69) is 20.4 Å². The quantitative estimate of drug-likeness (QED) is 0.678. The lowest BCUT2D eigenvalue weighted by molar-refractivity contribution is -0.132. The van der Waals surface area contributed by atoms with Crippen molar-refractivity contribution in [2.45, 2.75) is 44.9 Å². The maximum absolute atomic E-state index is 12.4. The minimum Gasteiger partial charge on any atom is -0.379 e. The Kier molecular flexibility index (Phi) is 6.71.